The molecule has 0 bridgehead atoms. The summed E-state index contributed by atoms with van der Waals surface area (Å²) in [6.07, 6.45) is -6.07. The molecule has 1 unspecified atom stereocenters. The van der Waals surface area contributed by atoms with Crippen molar-refractivity contribution in [3.05, 3.63) is 23.8 Å². The van der Waals surface area contributed by atoms with Crippen molar-refractivity contribution in [3.63, 3.8) is 0 Å². The fraction of sp³-hybridized carbons (Fsp3) is 0.538. The zero-order valence-corrected chi connectivity index (χ0v) is 10.7. The second-order valence-electron chi connectivity index (χ2n) is 4.42. The largest absolute Gasteiger partial charge is 0.454 e. The summed E-state index contributed by atoms with van der Waals surface area (Å²) in [5, 5.41) is 9.87. The topological polar surface area (TPSA) is 47.9 Å². The van der Waals surface area contributed by atoms with Crippen LogP contribution in [-0.4, -0.2) is 31.3 Å². The Kier molecular flexibility index (Phi) is 4.72. The molecule has 0 aromatic heterocycles. The molecule has 1 heterocycles. The van der Waals surface area contributed by atoms with Crippen LogP contribution in [0.5, 0.6) is 11.5 Å². The number of rotatable bonds is 6. The van der Waals surface area contributed by atoms with Gasteiger partial charge in [-0.05, 0) is 24.1 Å². The van der Waals surface area contributed by atoms with Gasteiger partial charge in [-0.15, -0.1) is 0 Å². The first-order valence-corrected chi connectivity index (χ1v) is 6.18. The van der Waals surface area contributed by atoms with E-state index in [-0.39, 0.29) is 26.4 Å². The molecule has 0 spiro atoms. The number of alkyl halides is 3. The molecule has 0 radical (unpaired) electrons. The molecule has 0 fully saturated rings. The third kappa shape index (κ3) is 4.28. The summed E-state index contributed by atoms with van der Waals surface area (Å²) >= 11 is 0. The van der Waals surface area contributed by atoms with Crippen molar-refractivity contribution in [1.29, 1.82) is 0 Å². The highest BCUT2D eigenvalue weighted by molar-refractivity contribution is 5.45. The molecule has 2 rings (SSSR count). The lowest BCUT2D eigenvalue weighted by Crippen LogP contribution is -2.11. The van der Waals surface area contributed by atoms with Crippen molar-refractivity contribution in [2.45, 2.75) is 25.1 Å². The van der Waals surface area contributed by atoms with Gasteiger partial charge in [-0.25, -0.2) is 0 Å². The van der Waals surface area contributed by atoms with E-state index in [0.29, 0.717) is 17.1 Å². The Balaban J connectivity index is 1.73. The summed E-state index contributed by atoms with van der Waals surface area (Å²) in [6.45, 7) is 0.0431. The van der Waals surface area contributed by atoms with Gasteiger partial charge in [0.15, 0.2) is 11.5 Å². The predicted molar refractivity (Wildman–Crippen MR) is 63.6 cm³/mol. The molecule has 1 N–H and O–H groups in total. The standard InChI is InChI=1S/C13H15F3O4/c14-13(15,16)4-1-5-18-7-10(17)9-2-3-11-12(6-9)20-8-19-11/h2-3,6,10,17H,1,4-5,7-8H2. The van der Waals surface area contributed by atoms with Gasteiger partial charge in [0.2, 0.25) is 6.79 Å². The van der Waals surface area contributed by atoms with Crippen molar-refractivity contribution >= 4 is 0 Å². The normalized spacial score (nSPS) is 15.4. The molecule has 1 aliphatic rings. The Morgan fingerprint density at radius 2 is 2.00 bits per heavy atom. The Labute approximate surface area is 114 Å². The molecule has 1 atom stereocenters. The first kappa shape index (κ1) is 14.9. The summed E-state index contributed by atoms with van der Waals surface area (Å²) in [7, 11) is 0. The van der Waals surface area contributed by atoms with Gasteiger partial charge >= 0.3 is 6.18 Å². The van der Waals surface area contributed by atoms with E-state index in [1.165, 1.54) is 0 Å². The maximum absolute atomic E-state index is 11.9. The molecule has 0 aliphatic carbocycles. The highest BCUT2D eigenvalue weighted by atomic mass is 19.4. The molecule has 20 heavy (non-hydrogen) atoms. The molecular formula is C13H15F3O4. The van der Waals surface area contributed by atoms with Crippen molar-refractivity contribution in [3.8, 4) is 11.5 Å². The third-order valence-electron chi connectivity index (χ3n) is 2.81. The maximum atomic E-state index is 11.9. The van der Waals surface area contributed by atoms with Crippen molar-refractivity contribution < 1.29 is 32.5 Å². The van der Waals surface area contributed by atoms with E-state index in [1.807, 2.05) is 0 Å². The van der Waals surface area contributed by atoms with Gasteiger partial charge < -0.3 is 19.3 Å². The van der Waals surface area contributed by atoms with E-state index in [0.717, 1.165) is 0 Å². The SMILES string of the molecule is OC(COCCCC(F)(F)F)c1ccc2c(c1)OCO2. The van der Waals surface area contributed by atoms with E-state index in [2.05, 4.69) is 0 Å². The molecule has 1 aromatic carbocycles. The lowest BCUT2D eigenvalue weighted by Gasteiger charge is -2.12. The summed E-state index contributed by atoms with van der Waals surface area (Å²) < 4.78 is 51.1. The number of hydrogen-bond donors (Lipinski definition) is 1. The quantitative estimate of drug-likeness (QED) is 0.819. The second kappa shape index (κ2) is 6.32. The van der Waals surface area contributed by atoms with E-state index in [4.69, 9.17) is 14.2 Å². The molecule has 1 aliphatic heterocycles. The van der Waals surface area contributed by atoms with Crippen LogP contribution in [0.2, 0.25) is 0 Å². The number of ether oxygens (including phenoxy) is 3. The number of aliphatic hydroxyl groups is 1. The average Bonchev–Trinajstić information content (AvgIpc) is 2.83. The summed E-state index contributed by atoms with van der Waals surface area (Å²) in [6, 6.07) is 4.97. The molecule has 4 nitrogen and oxygen atoms in total. The first-order chi connectivity index (χ1) is 9.46. The van der Waals surface area contributed by atoms with Gasteiger partial charge in [0.1, 0.15) is 6.10 Å². The summed E-state index contributed by atoms with van der Waals surface area (Å²) in [4.78, 5) is 0. The molecule has 0 saturated carbocycles. The van der Waals surface area contributed by atoms with Gasteiger partial charge in [-0.1, -0.05) is 6.07 Å². The monoisotopic (exact) mass is 292 g/mol. The minimum Gasteiger partial charge on any atom is -0.454 e. The van der Waals surface area contributed by atoms with Gasteiger partial charge in [0.05, 0.1) is 6.61 Å². The van der Waals surface area contributed by atoms with E-state index in [1.54, 1.807) is 18.2 Å². The predicted octanol–water partition coefficient (Wildman–Crippen LogP) is 2.81. The molecule has 7 heteroatoms. The Bertz CT molecular complexity index is 448. The van der Waals surface area contributed by atoms with E-state index in [9.17, 15) is 18.3 Å². The van der Waals surface area contributed by atoms with Gasteiger partial charge in [-0.3, -0.25) is 0 Å². The van der Waals surface area contributed by atoms with Crippen molar-refractivity contribution in [2.75, 3.05) is 20.0 Å². The number of benzene rings is 1. The third-order valence-corrected chi connectivity index (χ3v) is 2.81. The van der Waals surface area contributed by atoms with E-state index >= 15 is 0 Å². The highest BCUT2D eigenvalue weighted by Crippen LogP contribution is 2.34. The van der Waals surface area contributed by atoms with Crippen LogP contribution < -0.4 is 9.47 Å². The molecule has 112 valence electrons. The van der Waals surface area contributed by atoms with Crippen LogP contribution in [0, 0.1) is 0 Å². The van der Waals surface area contributed by atoms with Crippen LogP contribution in [0.1, 0.15) is 24.5 Å². The zero-order chi connectivity index (χ0) is 14.6. The lowest BCUT2D eigenvalue weighted by molar-refractivity contribution is -0.138. The minimum absolute atomic E-state index is 0.0406. The van der Waals surface area contributed by atoms with Crippen LogP contribution in [0.3, 0.4) is 0 Å². The van der Waals surface area contributed by atoms with Crippen molar-refractivity contribution in [2.24, 2.45) is 0 Å². The van der Waals surface area contributed by atoms with E-state index < -0.39 is 18.7 Å². The summed E-state index contributed by atoms with van der Waals surface area (Å²) in [5.74, 6) is 1.14. The Hall–Kier alpha value is -1.47. The maximum Gasteiger partial charge on any atom is 0.389 e. The number of aliphatic hydroxyl groups excluding tert-OH is 1. The van der Waals surface area contributed by atoms with Gasteiger partial charge in [-0.2, -0.15) is 13.2 Å². The van der Waals surface area contributed by atoms with Crippen LogP contribution in [0.15, 0.2) is 18.2 Å². The molecule has 0 amide bonds. The van der Waals surface area contributed by atoms with Crippen LogP contribution in [0.4, 0.5) is 13.2 Å². The average molecular weight is 292 g/mol. The number of halogens is 3. The fourth-order valence-electron chi connectivity index (χ4n) is 1.79. The minimum atomic E-state index is -4.17. The molecule has 0 saturated heterocycles. The van der Waals surface area contributed by atoms with Gasteiger partial charge in [0, 0.05) is 13.0 Å². The second-order valence-corrected chi connectivity index (χ2v) is 4.42. The zero-order valence-electron chi connectivity index (χ0n) is 10.7. The van der Waals surface area contributed by atoms with Gasteiger partial charge in [0.25, 0.3) is 0 Å². The molecular weight excluding hydrogens is 277 g/mol. The van der Waals surface area contributed by atoms with Crippen molar-refractivity contribution in [1.82, 2.24) is 0 Å². The van der Waals surface area contributed by atoms with Crippen LogP contribution in [-0.2, 0) is 4.74 Å². The lowest BCUT2D eigenvalue weighted by atomic mass is 10.1. The number of fused-ring (bicyclic) bond motifs is 1. The first-order valence-electron chi connectivity index (χ1n) is 6.18. The van der Waals surface area contributed by atoms with Crippen LogP contribution in [0.25, 0.3) is 0 Å². The molecule has 1 aromatic rings. The summed E-state index contributed by atoms with van der Waals surface area (Å²) in [5.41, 5.74) is 0.574. The highest BCUT2D eigenvalue weighted by Gasteiger charge is 2.26. The Morgan fingerprint density at radius 1 is 1.25 bits per heavy atom. The Morgan fingerprint density at radius 3 is 2.75 bits per heavy atom. The fourth-order valence-corrected chi connectivity index (χ4v) is 1.79. The number of hydrogen-bond acceptors (Lipinski definition) is 4. The smallest absolute Gasteiger partial charge is 0.389 e. The van der Waals surface area contributed by atoms with Crippen LogP contribution >= 0.6 is 0 Å².